The second-order valence-electron chi connectivity index (χ2n) is 8.06. The van der Waals surface area contributed by atoms with E-state index < -0.39 is 17.7 Å². The first kappa shape index (κ1) is 20.5. The standard InChI is InChI=1S/C18H32N4O4/c1-14(19-17(25)26-18(2,3)4)16(24)22-11-9-20(10-12-22)13-15(23)21-7-5-6-8-21/h14H,5-13H2,1-4H3,(H,19,25)/t14-/m1/s1. The second-order valence-corrected chi connectivity index (χ2v) is 8.06. The Labute approximate surface area is 155 Å². The number of ether oxygens (including phenoxy) is 1. The highest BCUT2D eigenvalue weighted by molar-refractivity contribution is 5.85. The van der Waals surface area contributed by atoms with Crippen molar-refractivity contribution in [2.75, 3.05) is 45.8 Å². The number of piperazine rings is 1. The monoisotopic (exact) mass is 368 g/mol. The van der Waals surface area contributed by atoms with Crippen LogP contribution in [0.15, 0.2) is 0 Å². The molecule has 2 aliphatic heterocycles. The van der Waals surface area contributed by atoms with Gasteiger partial charge in [-0.3, -0.25) is 14.5 Å². The third kappa shape index (κ3) is 6.16. The van der Waals surface area contributed by atoms with Crippen molar-refractivity contribution in [2.45, 2.75) is 52.2 Å². The van der Waals surface area contributed by atoms with Crippen LogP contribution in [0.25, 0.3) is 0 Å². The molecule has 1 atom stereocenters. The van der Waals surface area contributed by atoms with Gasteiger partial charge in [0, 0.05) is 39.3 Å². The molecule has 0 unspecified atom stereocenters. The number of nitrogens with one attached hydrogen (secondary N) is 1. The molecule has 2 fully saturated rings. The molecule has 0 aromatic carbocycles. The number of nitrogens with zero attached hydrogens (tertiary/aromatic N) is 3. The number of carbonyl (C=O) groups is 3. The first-order chi connectivity index (χ1) is 12.2. The molecule has 0 aromatic rings. The number of alkyl carbamates (subject to hydrolysis) is 1. The van der Waals surface area contributed by atoms with E-state index in [1.165, 1.54) is 0 Å². The van der Waals surface area contributed by atoms with Crippen LogP contribution >= 0.6 is 0 Å². The van der Waals surface area contributed by atoms with Crippen LogP contribution in [0.5, 0.6) is 0 Å². The number of hydrogen-bond acceptors (Lipinski definition) is 5. The Bertz CT molecular complexity index is 518. The molecule has 2 saturated heterocycles. The molecule has 0 saturated carbocycles. The summed E-state index contributed by atoms with van der Waals surface area (Å²) in [7, 11) is 0. The van der Waals surface area contributed by atoms with Gasteiger partial charge in [0.1, 0.15) is 11.6 Å². The van der Waals surface area contributed by atoms with Crippen LogP contribution in [0.1, 0.15) is 40.5 Å². The van der Waals surface area contributed by atoms with Crippen LogP contribution < -0.4 is 5.32 Å². The first-order valence-corrected chi connectivity index (χ1v) is 9.44. The number of amides is 3. The molecule has 0 aromatic heterocycles. The van der Waals surface area contributed by atoms with E-state index in [1.807, 2.05) is 4.90 Å². The van der Waals surface area contributed by atoms with Crippen molar-refractivity contribution in [1.82, 2.24) is 20.0 Å². The maximum Gasteiger partial charge on any atom is 0.408 e. The predicted molar refractivity (Wildman–Crippen MR) is 97.7 cm³/mol. The van der Waals surface area contributed by atoms with Crippen LogP contribution in [0, 0.1) is 0 Å². The lowest BCUT2D eigenvalue weighted by atomic mass is 10.2. The number of likely N-dealkylation sites (tertiary alicyclic amines) is 1. The van der Waals surface area contributed by atoms with Gasteiger partial charge in [0.2, 0.25) is 11.8 Å². The number of hydrogen-bond donors (Lipinski definition) is 1. The molecule has 0 radical (unpaired) electrons. The summed E-state index contributed by atoms with van der Waals surface area (Å²) in [5, 5.41) is 2.59. The fraction of sp³-hybridized carbons (Fsp3) is 0.833. The largest absolute Gasteiger partial charge is 0.444 e. The Morgan fingerprint density at radius 1 is 0.962 bits per heavy atom. The van der Waals surface area contributed by atoms with E-state index >= 15 is 0 Å². The normalized spacial score (nSPS) is 20.0. The molecule has 0 aliphatic carbocycles. The zero-order valence-corrected chi connectivity index (χ0v) is 16.4. The van der Waals surface area contributed by atoms with Gasteiger partial charge in [0.25, 0.3) is 0 Å². The van der Waals surface area contributed by atoms with Gasteiger partial charge in [0.15, 0.2) is 0 Å². The first-order valence-electron chi connectivity index (χ1n) is 9.44. The zero-order chi connectivity index (χ0) is 19.3. The lowest BCUT2D eigenvalue weighted by Gasteiger charge is -2.36. The predicted octanol–water partition coefficient (Wildman–Crippen LogP) is 0.666. The summed E-state index contributed by atoms with van der Waals surface area (Å²) in [6.45, 7) is 11.6. The van der Waals surface area contributed by atoms with Crippen molar-refractivity contribution in [3.8, 4) is 0 Å². The van der Waals surface area contributed by atoms with Gasteiger partial charge in [-0.05, 0) is 40.5 Å². The fourth-order valence-electron chi connectivity index (χ4n) is 3.20. The average Bonchev–Trinajstić information content (AvgIpc) is 3.07. The summed E-state index contributed by atoms with van der Waals surface area (Å²) in [6.07, 6.45) is 1.60. The molecular formula is C18H32N4O4. The number of carbonyl (C=O) groups excluding carboxylic acids is 3. The summed E-state index contributed by atoms with van der Waals surface area (Å²) in [5.41, 5.74) is -0.597. The minimum absolute atomic E-state index is 0.124. The highest BCUT2D eigenvalue weighted by Gasteiger charge is 2.28. The van der Waals surface area contributed by atoms with Crippen LogP contribution in [0.4, 0.5) is 4.79 Å². The lowest BCUT2D eigenvalue weighted by molar-refractivity contribution is -0.136. The minimum Gasteiger partial charge on any atom is -0.444 e. The fourth-order valence-corrected chi connectivity index (χ4v) is 3.20. The van der Waals surface area contributed by atoms with E-state index in [1.54, 1.807) is 32.6 Å². The third-order valence-electron chi connectivity index (χ3n) is 4.61. The van der Waals surface area contributed by atoms with Crippen LogP contribution in [0.2, 0.25) is 0 Å². The molecule has 0 bridgehead atoms. The van der Waals surface area contributed by atoms with Gasteiger partial charge in [-0.1, -0.05) is 0 Å². The highest BCUT2D eigenvalue weighted by Crippen LogP contribution is 2.10. The van der Waals surface area contributed by atoms with Gasteiger partial charge < -0.3 is 19.9 Å². The molecular weight excluding hydrogens is 336 g/mol. The molecule has 148 valence electrons. The van der Waals surface area contributed by atoms with Gasteiger partial charge in [-0.15, -0.1) is 0 Å². The zero-order valence-electron chi connectivity index (χ0n) is 16.4. The average molecular weight is 368 g/mol. The summed E-state index contributed by atoms with van der Waals surface area (Å²) in [4.78, 5) is 42.3. The molecule has 3 amide bonds. The Balaban J connectivity index is 1.73. The second kappa shape index (κ2) is 8.70. The molecule has 2 heterocycles. The van der Waals surface area contributed by atoms with Gasteiger partial charge in [-0.25, -0.2) is 4.79 Å². The summed E-state index contributed by atoms with van der Waals surface area (Å²) >= 11 is 0. The summed E-state index contributed by atoms with van der Waals surface area (Å²) < 4.78 is 5.18. The van der Waals surface area contributed by atoms with E-state index in [0.29, 0.717) is 32.7 Å². The van der Waals surface area contributed by atoms with E-state index in [2.05, 4.69) is 10.2 Å². The molecule has 1 N–H and O–H groups in total. The van der Waals surface area contributed by atoms with Gasteiger partial charge in [0.05, 0.1) is 6.54 Å². The van der Waals surface area contributed by atoms with Gasteiger partial charge >= 0.3 is 6.09 Å². The maximum absolute atomic E-state index is 12.5. The van der Waals surface area contributed by atoms with Crippen LogP contribution in [-0.2, 0) is 14.3 Å². The Hall–Kier alpha value is -1.83. The highest BCUT2D eigenvalue weighted by atomic mass is 16.6. The van der Waals surface area contributed by atoms with E-state index in [-0.39, 0.29) is 11.8 Å². The lowest BCUT2D eigenvalue weighted by Crippen LogP contribution is -2.55. The van der Waals surface area contributed by atoms with Crippen molar-refractivity contribution in [2.24, 2.45) is 0 Å². The topological polar surface area (TPSA) is 82.2 Å². The van der Waals surface area contributed by atoms with Crippen molar-refractivity contribution in [3.05, 3.63) is 0 Å². The molecule has 26 heavy (non-hydrogen) atoms. The molecule has 8 nitrogen and oxygen atoms in total. The minimum atomic E-state index is -0.636. The molecule has 2 aliphatic rings. The SMILES string of the molecule is C[C@@H](NC(=O)OC(C)(C)C)C(=O)N1CCN(CC(=O)N2CCCC2)CC1. The summed E-state index contributed by atoms with van der Waals surface area (Å²) in [5.74, 6) is 0.0589. The van der Waals surface area contributed by atoms with Crippen LogP contribution in [0.3, 0.4) is 0 Å². The molecule has 0 spiro atoms. The van der Waals surface area contributed by atoms with Crippen molar-refractivity contribution in [3.63, 3.8) is 0 Å². The smallest absolute Gasteiger partial charge is 0.408 e. The van der Waals surface area contributed by atoms with Crippen molar-refractivity contribution >= 4 is 17.9 Å². The Morgan fingerprint density at radius 2 is 1.54 bits per heavy atom. The molecule has 2 rings (SSSR count). The van der Waals surface area contributed by atoms with Crippen molar-refractivity contribution in [1.29, 1.82) is 0 Å². The number of rotatable bonds is 4. The Morgan fingerprint density at radius 3 is 2.08 bits per heavy atom. The van der Waals surface area contributed by atoms with Crippen molar-refractivity contribution < 1.29 is 19.1 Å². The van der Waals surface area contributed by atoms with Crippen LogP contribution in [-0.4, -0.2) is 90.1 Å². The van der Waals surface area contributed by atoms with E-state index in [0.717, 1.165) is 25.9 Å². The quantitative estimate of drug-likeness (QED) is 0.789. The van der Waals surface area contributed by atoms with E-state index in [4.69, 9.17) is 4.74 Å². The molecule has 8 heteroatoms. The third-order valence-corrected chi connectivity index (χ3v) is 4.61. The Kier molecular flexibility index (Phi) is 6.86. The maximum atomic E-state index is 12.5. The van der Waals surface area contributed by atoms with E-state index in [9.17, 15) is 14.4 Å². The van der Waals surface area contributed by atoms with Gasteiger partial charge in [-0.2, -0.15) is 0 Å². The summed E-state index contributed by atoms with van der Waals surface area (Å²) in [6, 6.07) is -0.636.